The molecule has 3 rings (SSSR count). The smallest absolute Gasteiger partial charge is 0.258 e. The Balaban J connectivity index is 1.97. The van der Waals surface area contributed by atoms with Crippen molar-refractivity contribution in [1.82, 2.24) is 4.31 Å². The molecule has 24 heavy (non-hydrogen) atoms. The van der Waals surface area contributed by atoms with Gasteiger partial charge in [-0.25, -0.2) is 8.42 Å². The Morgan fingerprint density at radius 3 is 2.58 bits per heavy atom. The zero-order chi connectivity index (χ0) is 17.3. The van der Waals surface area contributed by atoms with Crippen molar-refractivity contribution in [3.8, 4) is 0 Å². The first kappa shape index (κ1) is 17.2. The first-order valence-electron chi connectivity index (χ1n) is 7.03. The van der Waals surface area contributed by atoms with Gasteiger partial charge in [0.05, 0.1) is 15.2 Å². The molecule has 1 heterocycles. The summed E-state index contributed by atoms with van der Waals surface area (Å²) in [6, 6.07) is 12.1. The number of nitro groups is 1. The Morgan fingerprint density at radius 2 is 1.92 bits per heavy atom. The van der Waals surface area contributed by atoms with Gasteiger partial charge < -0.3 is 0 Å². The van der Waals surface area contributed by atoms with Crippen LogP contribution in [0, 0.1) is 10.1 Å². The van der Waals surface area contributed by atoms with E-state index in [4.69, 9.17) is 11.6 Å². The molecule has 2 aromatic carbocycles. The van der Waals surface area contributed by atoms with Gasteiger partial charge in [-0.1, -0.05) is 23.7 Å². The van der Waals surface area contributed by atoms with E-state index in [1.807, 2.05) is 0 Å². The SMILES string of the molecule is O=[N+]([O-])c1cccc(C2SCCN2S(=O)(=O)c2ccc(Cl)cc2)c1. The topological polar surface area (TPSA) is 80.5 Å². The summed E-state index contributed by atoms with van der Waals surface area (Å²) in [5.41, 5.74) is 0.549. The number of hydrogen-bond donors (Lipinski definition) is 0. The van der Waals surface area contributed by atoms with Crippen LogP contribution in [0.1, 0.15) is 10.9 Å². The number of sulfonamides is 1. The van der Waals surface area contributed by atoms with E-state index in [1.54, 1.807) is 12.1 Å². The third-order valence-corrected chi connectivity index (χ3v) is 7.16. The molecule has 126 valence electrons. The second-order valence-corrected chi connectivity index (χ2v) is 8.66. The van der Waals surface area contributed by atoms with Crippen molar-refractivity contribution in [1.29, 1.82) is 0 Å². The lowest BCUT2D eigenvalue weighted by atomic mass is 10.2. The molecule has 9 heteroatoms. The molecule has 2 aromatic rings. The Hall–Kier alpha value is -1.61. The molecule has 0 amide bonds. The zero-order valence-electron chi connectivity index (χ0n) is 12.3. The monoisotopic (exact) mass is 384 g/mol. The van der Waals surface area contributed by atoms with Crippen LogP contribution in [0.4, 0.5) is 5.69 Å². The fourth-order valence-electron chi connectivity index (χ4n) is 2.50. The van der Waals surface area contributed by atoms with Crippen molar-refractivity contribution in [2.24, 2.45) is 0 Å². The van der Waals surface area contributed by atoms with E-state index in [-0.39, 0.29) is 10.6 Å². The van der Waals surface area contributed by atoms with Gasteiger partial charge in [0.25, 0.3) is 5.69 Å². The number of hydrogen-bond acceptors (Lipinski definition) is 5. The van der Waals surface area contributed by atoms with Gasteiger partial charge in [0.15, 0.2) is 0 Å². The van der Waals surface area contributed by atoms with Gasteiger partial charge in [0.1, 0.15) is 0 Å². The summed E-state index contributed by atoms with van der Waals surface area (Å²) in [7, 11) is -3.70. The van der Waals surface area contributed by atoms with Crippen molar-refractivity contribution < 1.29 is 13.3 Å². The molecule has 0 N–H and O–H groups in total. The summed E-state index contributed by atoms with van der Waals surface area (Å²) in [6.07, 6.45) is 0. The zero-order valence-corrected chi connectivity index (χ0v) is 14.7. The van der Waals surface area contributed by atoms with Crippen molar-refractivity contribution in [3.05, 3.63) is 69.2 Å². The molecule has 0 spiro atoms. The van der Waals surface area contributed by atoms with Crippen LogP contribution in [0.15, 0.2) is 53.4 Å². The van der Waals surface area contributed by atoms with Crippen LogP contribution in [-0.2, 0) is 10.0 Å². The third-order valence-electron chi connectivity index (χ3n) is 3.64. The van der Waals surface area contributed by atoms with E-state index in [0.29, 0.717) is 22.9 Å². The van der Waals surface area contributed by atoms with Crippen LogP contribution in [0.2, 0.25) is 5.02 Å². The minimum absolute atomic E-state index is 0.0520. The minimum atomic E-state index is -3.70. The molecule has 0 aliphatic carbocycles. The molecule has 1 saturated heterocycles. The number of rotatable bonds is 4. The second-order valence-electron chi connectivity index (χ2n) is 5.14. The second kappa shape index (κ2) is 6.72. The Kier molecular flexibility index (Phi) is 4.82. The largest absolute Gasteiger partial charge is 0.269 e. The van der Waals surface area contributed by atoms with E-state index >= 15 is 0 Å². The quantitative estimate of drug-likeness (QED) is 0.593. The molecule has 0 bridgehead atoms. The van der Waals surface area contributed by atoms with Gasteiger partial charge in [-0.3, -0.25) is 10.1 Å². The van der Waals surface area contributed by atoms with Crippen molar-refractivity contribution in [2.45, 2.75) is 10.3 Å². The number of nitrogens with zero attached hydrogens (tertiary/aromatic N) is 2. The van der Waals surface area contributed by atoms with Gasteiger partial charge >= 0.3 is 0 Å². The number of non-ortho nitro benzene ring substituents is 1. The maximum atomic E-state index is 12.9. The van der Waals surface area contributed by atoms with Gasteiger partial charge in [-0.2, -0.15) is 4.31 Å². The molecule has 1 aliphatic rings. The van der Waals surface area contributed by atoms with Gasteiger partial charge in [0, 0.05) is 29.5 Å². The van der Waals surface area contributed by atoms with E-state index in [1.165, 1.54) is 52.5 Å². The highest BCUT2D eigenvalue weighted by atomic mass is 35.5. The van der Waals surface area contributed by atoms with E-state index in [2.05, 4.69) is 0 Å². The lowest BCUT2D eigenvalue weighted by molar-refractivity contribution is -0.384. The third kappa shape index (κ3) is 3.27. The van der Waals surface area contributed by atoms with Crippen LogP contribution in [-0.4, -0.2) is 29.9 Å². The fourth-order valence-corrected chi connectivity index (χ4v) is 5.85. The lowest BCUT2D eigenvalue weighted by Gasteiger charge is -2.23. The van der Waals surface area contributed by atoms with Crippen LogP contribution >= 0.6 is 23.4 Å². The molecule has 1 aliphatic heterocycles. The number of halogens is 1. The highest BCUT2D eigenvalue weighted by Crippen LogP contribution is 2.42. The molecule has 1 atom stereocenters. The maximum absolute atomic E-state index is 12.9. The van der Waals surface area contributed by atoms with Crippen LogP contribution in [0.3, 0.4) is 0 Å². The molecule has 1 unspecified atom stereocenters. The van der Waals surface area contributed by atoms with E-state index in [9.17, 15) is 18.5 Å². The van der Waals surface area contributed by atoms with Crippen LogP contribution in [0.25, 0.3) is 0 Å². The van der Waals surface area contributed by atoms with Gasteiger partial charge in [-0.05, 0) is 29.8 Å². The summed E-state index contributed by atoms with van der Waals surface area (Å²) < 4.78 is 27.1. The average molecular weight is 385 g/mol. The summed E-state index contributed by atoms with van der Waals surface area (Å²) >= 11 is 7.26. The average Bonchev–Trinajstić information content (AvgIpc) is 3.06. The standard InChI is InChI=1S/C15H13ClN2O4S2/c16-12-4-6-14(7-5-12)24(21,22)17-8-9-23-15(17)11-2-1-3-13(10-11)18(19)20/h1-7,10,15H,8-9H2. The van der Waals surface area contributed by atoms with Crippen molar-refractivity contribution in [2.75, 3.05) is 12.3 Å². The first-order valence-corrected chi connectivity index (χ1v) is 9.89. The molecule has 0 radical (unpaired) electrons. The molecule has 0 saturated carbocycles. The summed E-state index contributed by atoms with van der Waals surface area (Å²) in [5, 5.41) is 10.9. The Labute approximate surface area is 148 Å². The fraction of sp³-hybridized carbons (Fsp3) is 0.200. The normalized spacial score (nSPS) is 18.6. The lowest BCUT2D eigenvalue weighted by Crippen LogP contribution is -2.30. The van der Waals surface area contributed by atoms with Crippen molar-refractivity contribution in [3.63, 3.8) is 0 Å². The maximum Gasteiger partial charge on any atom is 0.269 e. The first-order chi connectivity index (χ1) is 11.4. The van der Waals surface area contributed by atoms with Gasteiger partial charge in [-0.15, -0.1) is 11.8 Å². The molecule has 0 aromatic heterocycles. The Morgan fingerprint density at radius 1 is 1.21 bits per heavy atom. The summed E-state index contributed by atoms with van der Waals surface area (Å²) in [5.74, 6) is 0.625. The highest BCUT2D eigenvalue weighted by molar-refractivity contribution is 8.01. The molecule has 1 fully saturated rings. The summed E-state index contributed by atoms with van der Waals surface area (Å²) in [4.78, 5) is 10.6. The Bertz CT molecular complexity index is 871. The van der Waals surface area contributed by atoms with Crippen LogP contribution in [0.5, 0.6) is 0 Å². The summed E-state index contributed by atoms with van der Waals surface area (Å²) in [6.45, 7) is 0.350. The predicted octanol–water partition coefficient (Wildman–Crippen LogP) is 3.68. The highest BCUT2D eigenvalue weighted by Gasteiger charge is 2.37. The van der Waals surface area contributed by atoms with E-state index in [0.717, 1.165) is 0 Å². The predicted molar refractivity (Wildman–Crippen MR) is 93.6 cm³/mol. The number of thioether (sulfide) groups is 1. The molecular weight excluding hydrogens is 372 g/mol. The minimum Gasteiger partial charge on any atom is -0.258 e. The number of benzene rings is 2. The molecular formula is C15H13ClN2O4S2. The van der Waals surface area contributed by atoms with E-state index < -0.39 is 20.3 Å². The molecule has 6 nitrogen and oxygen atoms in total. The van der Waals surface area contributed by atoms with Crippen molar-refractivity contribution >= 4 is 39.1 Å². The number of nitro benzene ring substituents is 1. The van der Waals surface area contributed by atoms with Crippen LogP contribution < -0.4 is 0 Å². The van der Waals surface area contributed by atoms with Gasteiger partial charge in [0.2, 0.25) is 10.0 Å².